The number of anilines is 1. The SMILES string of the molecule is C=CC(=O)N1CC2(CCN(c3nc4c(c(-c5ccc(O)c6ccccc56)c3C#N)COC(C)(C)C4)C2)C1. The number of likely N-dealkylation sites (tertiary alicyclic amines) is 1. The molecule has 7 heteroatoms. The third kappa shape index (κ3) is 3.75. The first kappa shape index (κ1) is 23.5. The number of phenolic OH excluding ortho intramolecular Hbond substituents is 1. The number of rotatable bonds is 3. The lowest BCUT2D eigenvalue weighted by molar-refractivity contribution is -0.136. The van der Waals surface area contributed by atoms with Crippen LogP contribution in [0.25, 0.3) is 21.9 Å². The molecule has 2 saturated heterocycles. The van der Waals surface area contributed by atoms with Gasteiger partial charge in [0, 0.05) is 54.5 Å². The number of aromatic hydroxyl groups is 1. The van der Waals surface area contributed by atoms with Gasteiger partial charge in [0.1, 0.15) is 23.2 Å². The predicted molar refractivity (Wildman–Crippen MR) is 142 cm³/mol. The Balaban J connectivity index is 1.50. The maximum Gasteiger partial charge on any atom is 0.245 e. The fourth-order valence-corrected chi connectivity index (χ4v) is 6.24. The zero-order chi connectivity index (χ0) is 25.9. The van der Waals surface area contributed by atoms with E-state index in [1.165, 1.54) is 6.08 Å². The van der Waals surface area contributed by atoms with Crippen LogP contribution in [0.5, 0.6) is 5.75 Å². The molecular weight excluding hydrogens is 464 g/mol. The van der Waals surface area contributed by atoms with Crippen molar-refractivity contribution in [3.8, 4) is 22.9 Å². The van der Waals surface area contributed by atoms with E-state index in [-0.39, 0.29) is 22.7 Å². The summed E-state index contributed by atoms with van der Waals surface area (Å²) in [5.41, 5.74) is 3.84. The van der Waals surface area contributed by atoms with Gasteiger partial charge in [-0.05, 0) is 49.4 Å². The Morgan fingerprint density at radius 3 is 2.68 bits per heavy atom. The number of aromatic nitrogens is 1. The van der Waals surface area contributed by atoms with Gasteiger partial charge in [-0.3, -0.25) is 4.79 Å². The highest BCUT2D eigenvalue weighted by Crippen LogP contribution is 2.46. The smallest absolute Gasteiger partial charge is 0.245 e. The first-order valence-corrected chi connectivity index (χ1v) is 12.7. The molecule has 1 spiro atoms. The van der Waals surface area contributed by atoms with Crippen molar-refractivity contribution in [2.45, 2.75) is 38.9 Å². The van der Waals surface area contributed by atoms with Gasteiger partial charge in [-0.1, -0.05) is 30.8 Å². The van der Waals surface area contributed by atoms with Crippen molar-refractivity contribution in [1.82, 2.24) is 9.88 Å². The zero-order valence-electron chi connectivity index (χ0n) is 21.3. The van der Waals surface area contributed by atoms with Crippen LogP contribution in [0, 0.1) is 16.7 Å². The van der Waals surface area contributed by atoms with Gasteiger partial charge in [-0.15, -0.1) is 0 Å². The molecule has 0 unspecified atom stereocenters. The van der Waals surface area contributed by atoms with Gasteiger partial charge < -0.3 is 19.6 Å². The number of nitriles is 1. The molecule has 0 saturated carbocycles. The van der Waals surface area contributed by atoms with E-state index in [0.29, 0.717) is 37.5 Å². The minimum Gasteiger partial charge on any atom is -0.507 e. The second kappa shape index (κ2) is 8.32. The number of phenols is 1. The summed E-state index contributed by atoms with van der Waals surface area (Å²) in [4.78, 5) is 21.2. The summed E-state index contributed by atoms with van der Waals surface area (Å²) in [6.45, 7) is 11.1. The Hall–Kier alpha value is -3.89. The quantitative estimate of drug-likeness (QED) is 0.537. The fourth-order valence-electron chi connectivity index (χ4n) is 6.24. The number of pyridine rings is 1. The number of carbonyl (C=O) groups excluding carboxylic acids is 1. The molecule has 0 bridgehead atoms. The molecule has 1 amide bonds. The Morgan fingerprint density at radius 1 is 1.19 bits per heavy atom. The largest absolute Gasteiger partial charge is 0.507 e. The van der Waals surface area contributed by atoms with Gasteiger partial charge >= 0.3 is 0 Å². The molecule has 4 heterocycles. The van der Waals surface area contributed by atoms with Crippen LogP contribution < -0.4 is 4.90 Å². The summed E-state index contributed by atoms with van der Waals surface area (Å²) in [6.07, 6.45) is 2.96. The standard InChI is InChI=1S/C30H30N4O3/c1-4-26(36)34-17-30(18-34)11-12-33(16-30)28-22(14-31)27(23-15-37-29(2,3)13-24(23)32-28)21-9-10-25(35)20-8-6-5-7-19(20)21/h4-10,35H,1,11-13,15-18H2,2-3H3. The first-order chi connectivity index (χ1) is 17.7. The molecule has 2 aromatic carbocycles. The van der Waals surface area contributed by atoms with E-state index in [4.69, 9.17) is 9.72 Å². The van der Waals surface area contributed by atoms with Gasteiger partial charge in [-0.25, -0.2) is 4.98 Å². The maximum absolute atomic E-state index is 12.0. The van der Waals surface area contributed by atoms with Gasteiger partial charge in [-0.2, -0.15) is 5.26 Å². The summed E-state index contributed by atoms with van der Waals surface area (Å²) in [5, 5.41) is 22.7. The maximum atomic E-state index is 12.0. The van der Waals surface area contributed by atoms with Crippen molar-refractivity contribution in [3.63, 3.8) is 0 Å². The number of ether oxygens (including phenoxy) is 1. The highest BCUT2D eigenvalue weighted by molar-refractivity contribution is 6.02. The third-order valence-electron chi connectivity index (χ3n) is 8.12. The zero-order valence-corrected chi connectivity index (χ0v) is 21.3. The molecule has 1 aromatic heterocycles. The molecule has 3 aliphatic heterocycles. The van der Waals surface area contributed by atoms with Crippen LogP contribution in [0.4, 0.5) is 5.82 Å². The van der Waals surface area contributed by atoms with Crippen molar-refractivity contribution in [2.24, 2.45) is 5.41 Å². The number of benzene rings is 2. The van der Waals surface area contributed by atoms with Gasteiger partial charge in [0.2, 0.25) is 5.91 Å². The summed E-state index contributed by atoms with van der Waals surface area (Å²) >= 11 is 0. The average Bonchev–Trinajstić information content (AvgIpc) is 3.32. The first-order valence-electron chi connectivity index (χ1n) is 12.7. The predicted octanol–water partition coefficient (Wildman–Crippen LogP) is 4.56. The van der Waals surface area contributed by atoms with Crippen molar-refractivity contribution >= 4 is 22.5 Å². The third-order valence-corrected chi connectivity index (χ3v) is 8.12. The van der Waals surface area contributed by atoms with E-state index >= 15 is 0 Å². The van der Waals surface area contributed by atoms with Crippen LogP contribution in [0.3, 0.4) is 0 Å². The van der Waals surface area contributed by atoms with Gasteiger partial charge in [0.25, 0.3) is 0 Å². The van der Waals surface area contributed by atoms with E-state index in [1.807, 2.05) is 35.2 Å². The summed E-state index contributed by atoms with van der Waals surface area (Å²) in [5.74, 6) is 0.886. The average molecular weight is 495 g/mol. The topological polar surface area (TPSA) is 89.7 Å². The van der Waals surface area contributed by atoms with E-state index in [1.54, 1.807) is 6.07 Å². The van der Waals surface area contributed by atoms with Crippen LogP contribution in [-0.2, 0) is 22.6 Å². The van der Waals surface area contributed by atoms with E-state index < -0.39 is 0 Å². The summed E-state index contributed by atoms with van der Waals surface area (Å²) < 4.78 is 6.20. The van der Waals surface area contributed by atoms with E-state index in [2.05, 4.69) is 31.4 Å². The molecule has 3 aromatic rings. The molecule has 0 radical (unpaired) electrons. The number of hydrogen-bond acceptors (Lipinski definition) is 6. The number of nitrogens with zero attached hydrogens (tertiary/aromatic N) is 4. The summed E-state index contributed by atoms with van der Waals surface area (Å²) in [7, 11) is 0. The second-order valence-corrected chi connectivity index (χ2v) is 11.2. The molecule has 2 fully saturated rings. The Labute approximate surface area is 216 Å². The van der Waals surface area contributed by atoms with E-state index in [0.717, 1.165) is 52.7 Å². The fraction of sp³-hybridized carbons (Fsp3) is 0.367. The molecule has 6 rings (SSSR count). The Bertz CT molecular complexity index is 1500. The minimum atomic E-state index is -0.356. The number of fused-ring (bicyclic) bond motifs is 2. The molecule has 37 heavy (non-hydrogen) atoms. The van der Waals surface area contributed by atoms with Gasteiger partial charge in [0.05, 0.1) is 17.9 Å². The number of hydrogen-bond donors (Lipinski definition) is 1. The van der Waals surface area contributed by atoms with Crippen LogP contribution in [0.1, 0.15) is 37.1 Å². The van der Waals surface area contributed by atoms with Crippen molar-refractivity contribution < 1.29 is 14.6 Å². The number of carbonyl (C=O) groups is 1. The lowest BCUT2D eigenvalue weighted by Crippen LogP contribution is -2.59. The monoisotopic (exact) mass is 494 g/mol. The molecular formula is C30H30N4O3. The van der Waals surface area contributed by atoms with Gasteiger partial charge in [0.15, 0.2) is 0 Å². The normalized spacial score (nSPS) is 19.4. The minimum absolute atomic E-state index is 0.0246. The number of amides is 1. The van der Waals surface area contributed by atoms with Crippen molar-refractivity contribution in [1.29, 1.82) is 5.26 Å². The van der Waals surface area contributed by atoms with E-state index in [9.17, 15) is 15.2 Å². The molecule has 188 valence electrons. The molecule has 1 N–H and O–H groups in total. The van der Waals surface area contributed by atoms with Crippen LogP contribution >= 0.6 is 0 Å². The molecule has 3 aliphatic rings. The highest BCUT2D eigenvalue weighted by atomic mass is 16.5. The van der Waals surface area contributed by atoms with Crippen LogP contribution in [-0.4, -0.2) is 52.7 Å². The molecule has 7 nitrogen and oxygen atoms in total. The van der Waals surface area contributed by atoms with Crippen LogP contribution in [0.2, 0.25) is 0 Å². The Morgan fingerprint density at radius 2 is 1.95 bits per heavy atom. The Kier molecular flexibility index (Phi) is 5.29. The van der Waals surface area contributed by atoms with Crippen molar-refractivity contribution in [2.75, 3.05) is 31.1 Å². The lowest BCUT2D eigenvalue weighted by atomic mass is 9.79. The van der Waals surface area contributed by atoms with Crippen molar-refractivity contribution in [3.05, 3.63) is 65.9 Å². The molecule has 0 atom stereocenters. The van der Waals surface area contributed by atoms with Crippen LogP contribution in [0.15, 0.2) is 49.1 Å². The summed E-state index contributed by atoms with van der Waals surface area (Å²) in [6, 6.07) is 13.8. The second-order valence-electron chi connectivity index (χ2n) is 11.2. The lowest BCUT2D eigenvalue weighted by Gasteiger charge is -2.47. The molecule has 0 aliphatic carbocycles. The highest BCUT2D eigenvalue weighted by Gasteiger charge is 2.49.